The molecule has 3 fully saturated rings. The van der Waals surface area contributed by atoms with E-state index in [-0.39, 0.29) is 61.7 Å². The van der Waals surface area contributed by atoms with E-state index < -0.39 is 5.92 Å². The molecule has 1 aromatic rings. The molecule has 0 saturated carbocycles. The summed E-state index contributed by atoms with van der Waals surface area (Å²) < 4.78 is 18.1. The SMILES string of the molecule is COCCN1C(=O)CN(C2CCN(C(=O)C3CC(=O)N(c4ccc(F)cc4)C3)CC2)C1=O. The van der Waals surface area contributed by atoms with E-state index in [0.717, 1.165) is 0 Å². The van der Waals surface area contributed by atoms with Gasteiger partial charge in [0.1, 0.15) is 12.4 Å². The number of carbonyl (C=O) groups excluding carboxylic acids is 4. The minimum Gasteiger partial charge on any atom is -0.383 e. The first-order chi connectivity index (χ1) is 15.4. The zero-order chi connectivity index (χ0) is 22.8. The van der Waals surface area contributed by atoms with Gasteiger partial charge in [-0.25, -0.2) is 9.18 Å². The molecular formula is C22H27FN4O5. The molecule has 4 rings (SSSR count). The Labute approximate surface area is 185 Å². The largest absolute Gasteiger partial charge is 0.383 e. The predicted molar refractivity (Wildman–Crippen MR) is 112 cm³/mol. The first-order valence-corrected chi connectivity index (χ1v) is 10.8. The second-order valence-corrected chi connectivity index (χ2v) is 8.39. The van der Waals surface area contributed by atoms with E-state index >= 15 is 0 Å². The second-order valence-electron chi connectivity index (χ2n) is 8.39. The van der Waals surface area contributed by atoms with Gasteiger partial charge in [0.2, 0.25) is 17.7 Å². The van der Waals surface area contributed by atoms with Crippen LogP contribution in [0.25, 0.3) is 0 Å². The van der Waals surface area contributed by atoms with Gasteiger partial charge in [-0.15, -0.1) is 0 Å². The van der Waals surface area contributed by atoms with Crippen LogP contribution in [-0.2, 0) is 19.1 Å². The van der Waals surface area contributed by atoms with Crippen LogP contribution in [0.5, 0.6) is 0 Å². The number of nitrogens with zero attached hydrogens (tertiary/aromatic N) is 4. The lowest BCUT2D eigenvalue weighted by molar-refractivity contribution is -0.137. The van der Waals surface area contributed by atoms with Crippen molar-refractivity contribution in [3.05, 3.63) is 30.1 Å². The van der Waals surface area contributed by atoms with E-state index in [2.05, 4.69) is 0 Å². The number of rotatable bonds is 6. The summed E-state index contributed by atoms with van der Waals surface area (Å²) in [6.07, 6.45) is 1.31. The number of carbonyl (C=O) groups is 4. The van der Waals surface area contributed by atoms with Gasteiger partial charge in [0, 0.05) is 44.9 Å². The quantitative estimate of drug-likeness (QED) is 0.610. The van der Waals surface area contributed by atoms with Gasteiger partial charge in [-0.2, -0.15) is 0 Å². The van der Waals surface area contributed by atoms with Crippen LogP contribution in [0.4, 0.5) is 14.9 Å². The number of hydrogen-bond donors (Lipinski definition) is 0. The molecule has 10 heteroatoms. The highest BCUT2D eigenvalue weighted by Gasteiger charge is 2.42. The average Bonchev–Trinajstić information content (AvgIpc) is 3.32. The molecule has 172 valence electrons. The third-order valence-electron chi connectivity index (χ3n) is 6.43. The number of ether oxygens (including phenoxy) is 1. The van der Waals surface area contributed by atoms with E-state index in [0.29, 0.717) is 38.2 Å². The lowest BCUT2D eigenvalue weighted by atomic mass is 10.0. The Balaban J connectivity index is 1.31. The maximum atomic E-state index is 13.2. The number of likely N-dealkylation sites (tertiary alicyclic amines) is 1. The molecule has 1 unspecified atom stereocenters. The summed E-state index contributed by atoms with van der Waals surface area (Å²) in [5, 5.41) is 0. The highest BCUT2D eigenvalue weighted by atomic mass is 19.1. The monoisotopic (exact) mass is 446 g/mol. The lowest BCUT2D eigenvalue weighted by Crippen LogP contribution is -2.49. The molecule has 0 aliphatic carbocycles. The Hall–Kier alpha value is -3.01. The molecule has 3 saturated heterocycles. The molecule has 0 radical (unpaired) electrons. The Morgan fingerprint density at radius 3 is 2.44 bits per heavy atom. The predicted octanol–water partition coefficient (Wildman–Crippen LogP) is 1.08. The Morgan fingerprint density at radius 1 is 1.09 bits per heavy atom. The number of urea groups is 1. The van der Waals surface area contributed by atoms with Crippen molar-refractivity contribution in [1.29, 1.82) is 0 Å². The minimum absolute atomic E-state index is 0.0604. The average molecular weight is 446 g/mol. The molecule has 0 aromatic heterocycles. The molecule has 1 atom stereocenters. The highest BCUT2D eigenvalue weighted by molar-refractivity contribution is 6.02. The second kappa shape index (κ2) is 9.23. The molecule has 9 nitrogen and oxygen atoms in total. The fraction of sp³-hybridized carbons (Fsp3) is 0.545. The van der Waals surface area contributed by atoms with Crippen LogP contribution in [0.1, 0.15) is 19.3 Å². The molecular weight excluding hydrogens is 419 g/mol. The number of imide groups is 1. The number of amides is 5. The summed E-state index contributed by atoms with van der Waals surface area (Å²) >= 11 is 0. The van der Waals surface area contributed by atoms with E-state index in [4.69, 9.17) is 4.74 Å². The zero-order valence-electron chi connectivity index (χ0n) is 18.0. The van der Waals surface area contributed by atoms with Crippen molar-refractivity contribution in [3.63, 3.8) is 0 Å². The Bertz CT molecular complexity index is 900. The summed E-state index contributed by atoms with van der Waals surface area (Å²) in [5.74, 6) is -1.27. The molecule has 3 aliphatic heterocycles. The number of halogens is 1. The van der Waals surface area contributed by atoms with Crippen LogP contribution in [0.2, 0.25) is 0 Å². The summed E-state index contributed by atoms with van der Waals surface area (Å²) in [7, 11) is 1.52. The van der Waals surface area contributed by atoms with Gasteiger partial charge >= 0.3 is 6.03 Å². The summed E-state index contributed by atoms with van der Waals surface area (Å²) in [4.78, 5) is 56.3. The smallest absolute Gasteiger partial charge is 0.327 e. The summed E-state index contributed by atoms with van der Waals surface area (Å²) in [6, 6.07) is 5.27. The van der Waals surface area contributed by atoms with Crippen LogP contribution in [0.15, 0.2) is 24.3 Å². The van der Waals surface area contributed by atoms with Crippen LogP contribution >= 0.6 is 0 Å². The fourth-order valence-corrected chi connectivity index (χ4v) is 4.65. The highest BCUT2D eigenvalue weighted by Crippen LogP contribution is 2.28. The van der Waals surface area contributed by atoms with Gasteiger partial charge in [-0.3, -0.25) is 19.3 Å². The lowest BCUT2D eigenvalue weighted by Gasteiger charge is -2.37. The van der Waals surface area contributed by atoms with Crippen molar-refractivity contribution >= 4 is 29.4 Å². The van der Waals surface area contributed by atoms with Gasteiger partial charge in [0.15, 0.2) is 0 Å². The molecule has 3 heterocycles. The summed E-state index contributed by atoms with van der Waals surface area (Å²) in [5.41, 5.74) is 0.584. The van der Waals surface area contributed by atoms with Crippen LogP contribution < -0.4 is 4.90 Å². The van der Waals surface area contributed by atoms with E-state index in [1.54, 1.807) is 9.80 Å². The number of methoxy groups -OCH3 is 1. The van der Waals surface area contributed by atoms with Crippen molar-refractivity contribution in [2.75, 3.05) is 51.3 Å². The Kier molecular flexibility index (Phi) is 6.40. The first kappa shape index (κ1) is 22.2. The van der Waals surface area contributed by atoms with E-state index in [1.165, 1.54) is 41.2 Å². The maximum absolute atomic E-state index is 13.2. The van der Waals surface area contributed by atoms with Gasteiger partial charge in [-0.05, 0) is 37.1 Å². The normalized spacial score (nSPS) is 22.4. The fourth-order valence-electron chi connectivity index (χ4n) is 4.65. The van der Waals surface area contributed by atoms with Gasteiger partial charge in [0.05, 0.1) is 19.1 Å². The number of benzene rings is 1. The molecule has 1 aromatic carbocycles. The molecule has 0 N–H and O–H groups in total. The molecule has 0 spiro atoms. The molecule has 3 aliphatic rings. The van der Waals surface area contributed by atoms with Gasteiger partial charge in [0.25, 0.3) is 0 Å². The molecule has 32 heavy (non-hydrogen) atoms. The van der Waals surface area contributed by atoms with Crippen molar-refractivity contribution in [1.82, 2.24) is 14.7 Å². The van der Waals surface area contributed by atoms with Crippen molar-refractivity contribution in [2.45, 2.75) is 25.3 Å². The van der Waals surface area contributed by atoms with E-state index in [1.807, 2.05) is 0 Å². The first-order valence-electron chi connectivity index (χ1n) is 10.8. The van der Waals surface area contributed by atoms with E-state index in [9.17, 15) is 23.6 Å². The number of anilines is 1. The maximum Gasteiger partial charge on any atom is 0.327 e. The third-order valence-corrected chi connectivity index (χ3v) is 6.43. The van der Waals surface area contributed by atoms with Crippen LogP contribution in [-0.4, -0.2) is 90.9 Å². The molecule has 5 amide bonds. The number of piperidine rings is 1. The standard InChI is InChI=1S/C22H27FN4O5/c1-32-11-10-25-20(29)14-27(22(25)31)18-6-8-24(9-7-18)21(30)15-12-19(28)26(13-15)17-4-2-16(23)3-5-17/h2-5,15,18H,6-14H2,1H3. The van der Waals surface area contributed by atoms with Crippen molar-refractivity contribution in [2.24, 2.45) is 5.92 Å². The zero-order valence-corrected chi connectivity index (χ0v) is 18.0. The van der Waals surface area contributed by atoms with Gasteiger partial charge < -0.3 is 19.4 Å². The topological polar surface area (TPSA) is 90.5 Å². The number of hydrogen-bond acceptors (Lipinski definition) is 5. The summed E-state index contributed by atoms with van der Waals surface area (Å²) in [6.45, 7) is 1.82. The van der Waals surface area contributed by atoms with Crippen molar-refractivity contribution < 1.29 is 28.3 Å². The van der Waals surface area contributed by atoms with Crippen molar-refractivity contribution in [3.8, 4) is 0 Å². The third kappa shape index (κ3) is 4.32. The van der Waals surface area contributed by atoms with Crippen LogP contribution in [0, 0.1) is 11.7 Å². The van der Waals surface area contributed by atoms with Crippen LogP contribution in [0.3, 0.4) is 0 Å². The Morgan fingerprint density at radius 2 is 1.78 bits per heavy atom. The van der Waals surface area contributed by atoms with Gasteiger partial charge in [-0.1, -0.05) is 0 Å². The molecule has 0 bridgehead atoms. The minimum atomic E-state index is -0.441.